The molecule has 0 bridgehead atoms. The number of hydrogen-bond donors (Lipinski definition) is 0. The van der Waals surface area contributed by atoms with Crippen molar-refractivity contribution in [2.75, 3.05) is 84.6 Å². The summed E-state index contributed by atoms with van der Waals surface area (Å²) in [6.45, 7) is 0. The van der Waals surface area contributed by atoms with Crippen LogP contribution < -0.4 is 0 Å². The van der Waals surface area contributed by atoms with Gasteiger partial charge in [-0.15, -0.1) is 14.0 Å². The van der Waals surface area contributed by atoms with Crippen LogP contribution in [0.2, 0.25) is 0 Å². The van der Waals surface area contributed by atoms with E-state index in [1.807, 2.05) is 0 Å². The Morgan fingerprint density at radius 1 is 0.524 bits per heavy atom. The summed E-state index contributed by atoms with van der Waals surface area (Å²) < 4.78 is 14.5. The van der Waals surface area contributed by atoms with Crippen molar-refractivity contribution in [3.05, 3.63) is 0 Å². The van der Waals surface area contributed by atoms with Gasteiger partial charge in [-0.25, -0.2) is 0 Å². The fourth-order valence-electron chi connectivity index (χ4n) is 2.79. The molecule has 0 radical (unpaired) electrons. The van der Waals surface area contributed by atoms with Crippen molar-refractivity contribution < 1.29 is 0 Å². The molecule has 0 rings (SSSR count). The van der Waals surface area contributed by atoms with Gasteiger partial charge in [-0.05, 0) is 42.3 Å². The zero-order valence-electron chi connectivity index (χ0n) is 16.0. The van der Waals surface area contributed by atoms with Crippen LogP contribution in [0, 0.1) is 0 Å². The van der Waals surface area contributed by atoms with E-state index in [1.165, 1.54) is 7.56 Å². The van der Waals surface area contributed by atoms with E-state index in [4.69, 9.17) is 0 Å². The van der Waals surface area contributed by atoms with Gasteiger partial charge in [0.2, 0.25) is 0 Å². The molecular weight excluding hydrogens is 321 g/mol. The summed E-state index contributed by atoms with van der Waals surface area (Å²) in [6, 6.07) is 0. The van der Waals surface area contributed by atoms with Gasteiger partial charge in [0.1, 0.15) is 7.00 Å². The second-order valence-electron chi connectivity index (χ2n) is 6.25. The van der Waals surface area contributed by atoms with Crippen molar-refractivity contribution in [1.82, 2.24) is 28.0 Å². The highest BCUT2D eigenvalue weighted by atomic mass is 32.3. The van der Waals surface area contributed by atoms with Crippen LogP contribution in [0.4, 0.5) is 0 Å². The fraction of sp³-hybridized carbons (Fsp3) is 1.00. The van der Waals surface area contributed by atoms with Crippen LogP contribution in [0.15, 0.2) is 0 Å². The molecule has 9 heteroatoms. The second-order valence-corrected chi connectivity index (χ2v) is 18.7. The third-order valence-electron chi connectivity index (χ3n) is 3.46. The van der Waals surface area contributed by atoms with Gasteiger partial charge < -0.3 is 0 Å². The Labute approximate surface area is 135 Å². The van der Waals surface area contributed by atoms with Crippen LogP contribution in [0.25, 0.3) is 0 Å². The van der Waals surface area contributed by atoms with E-state index in [0.29, 0.717) is 0 Å². The molecule has 0 heterocycles. The molecule has 0 saturated carbocycles. The van der Waals surface area contributed by atoms with Gasteiger partial charge in [0.15, 0.2) is 7.56 Å². The lowest BCUT2D eigenvalue weighted by atomic mass is 11.2. The first-order valence-electron chi connectivity index (χ1n) is 6.97. The summed E-state index contributed by atoms with van der Waals surface area (Å²) in [6.07, 6.45) is 0. The van der Waals surface area contributed by atoms with E-state index < -0.39 is 14.4 Å². The first kappa shape index (κ1) is 21.9. The van der Waals surface area contributed by atoms with Gasteiger partial charge in [0, 0.05) is 42.3 Å². The third kappa shape index (κ3) is 4.07. The largest absolute Gasteiger partial charge is 0.280 e. The highest BCUT2D eigenvalue weighted by Gasteiger charge is 2.51. The minimum absolute atomic E-state index is 1.46. The molecule has 0 aliphatic rings. The maximum Gasteiger partial charge on any atom is 0.280 e. The fourth-order valence-corrected chi connectivity index (χ4v) is 23.7. The van der Waals surface area contributed by atoms with Gasteiger partial charge in [0.25, 0.3) is 7.40 Å². The van der Waals surface area contributed by atoms with E-state index in [9.17, 15) is 0 Å². The number of hydrogen-bond acceptors (Lipinski definition) is 3. The molecule has 0 aromatic carbocycles. The second kappa shape index (κ2) is 8.15. The van der Waals surface area contributed by atoms with Gasteiger partial charge in [0.05, 0.1) is 0 Å². The van der Waals surface area contributed by atoms with Crippen molar-refractivity contribution in [1.29, 1.82) is 0 Å². The lowest BCUT2D eigenvalue weighted by molar-refractivity contribution is 0.478. The van der Waals surface area contributed by atoms with Crippen LogP contribution >= 0.6 is 22.0 Å². The molecule has 0 fully saturated rings. The van der Waals surface area contributed by atoms with Crippen LogP contribution in [-0.2, 0) is 0 Å². The van der Waals surface area contributed by atoms with Crippen LogP contribution in [-0.4, -0.2) is 113 Å². The highest BCUT2D eigenvalue weighted by molar-refractivity contribution is 8.41. The molecule has 21 heavy (non-hydrogen) atoms. The molecule has 0 aromatic rings. The summed E-state index contributed by atoms with van der Waals surface area (Å²) in [5, 5.41) is 0. The van der Waals surface area contributed by atoms with Gasteiger partial charge in [-0.2, -0.15) is 0 Å². The van der Waals surface area contributed by atoms with E-state index >= 15 is 0 Å². The molecule has 0 spiro atoms. The average Bonchev–Trinajstić information content (AvgIpc) is 2.26. The Kier molecular flexibility index (Phi) is 8.50. The summed E-state index contributed by atoms with van der Waals surface area (Å²) in [5.74, 6) is 0. The minimum atomic E-state index is -1.60. The molecule has 0 aliphatic carbocycles. The van der Waals surface area contributed by atoms with Crippen LogP contribution in [0.5, 0.6) is 0 Å². The Morgan fingerprint density at radius 2 is 0.762 bits per heavy atom. The topological polar surface area (TPSA) is 19.4 Å². The molecule has 0 amide bonds. The molecule has 6 nitrogen and oxygen atoms in total. The Hall–Kier alpha value is 0.920. The van der Waals surface area contributed by atoms with E-state index in [0.717, 1.165) is 0 Å². The maximum absolute atomic E-state index is 2.42. The first-order chi connectivity index (χ1) is 9.37. The number of rotatable bonds is 7. The Balaban J connectivity index is 6.61. The predicted octanol–water partition coefficient (Wildman–Crippen LogP) is 2.66. The van der Waals surface area contributed by atoms with Crippen molar-refractivity contribution >= 4 is 22.0 Å². The van der Waals surface area contributed by atoms with Crippen LogP contribution in [0.1, 0.15) is 0 Å². The minimum Gasteiger partial charge on any atom is -0.260 e. The third-order valence-corrected chi connectivity index (χ3v) is 22.6. The lowest BCUT2D eigenvalue weighted by Crippen LogP contribution is -2.35. The van der Waals surface area contributed by atoms with Crippen molar-refractivity contribution in [3.63, 3.8) is 0 Å². The number of nitrogens with zero attached hydrogens (tertiary/aromatic N) is 6. The zero-order chi connectivity index (χ0) is 17.2. The quantitative estimate of drug-likeness (QED) is 0.648. The Bertz CT molecular complexity index is 329. The van der Waals surface area contributed by atoms with Crippen molar-refractivity contribution in [2.45, 2.75) is 0 Å². The van der Waals surface area contributed by atoms with Gasteiger partial charge in [-0.1, -0.05) is 0 Å². The standard InChI is InChI=1S/C12H36N6P3/c1-13(2)20(14(3)4,15(5)6)19-21(16(7)8,17(9)10)18(11)12/h1-12H3/q+1. The molecule has 0 saturated heterocycles. The average molecular weight is 357 g/mol. The van der Waals surface area contributed by atoms with Gasteiger partial charge in [-0.3, -0.25) is 14.0 Å². The Morgan fingerprint density at radius 3 is 0.905 bits per heavy atom. The van der Waals surface area contributed by atoms with Crippen molar-refractivity contribution in [2.24, 2.45) is 0 Å². The highest BCUT2D eigenvalue weighted by Crippen LogP contribution is 2.84. The van der Waals surface area contributed by atoms with E-state index in [-0.39, 0.29) is 0 Å². The molecule has 0 atom stereocenters. The summed E-state index contributed by atoms with van der Waals surface area (Å²) in [7, 11) is 24.7. The summed E-state index contributed by atoms with van der Waals surface area (Å²) in [5.41, 5.74) is 0. The maximum atomic E-state index is 2.42. The first-order valence-corrected chi connectivity index (χ1v) is 12.6. The SMILES string of the molecule is CN(C)P(=P[P+](N(C)C)(N(C)C)N(C)C)(N(C)C)N(C)C. The van der Waals surface area contributed by atoms with E-state index in [1.54, 1.807) is 0 Å². The molecule has 128 valence electrons. The smallest absolute Gasteiger partial charge is 0.260 e. The van der Waals surface area contributed by atoms with Crippen molar-refractivity contribution in [3.8, 4) is 0 Å². The lowest BCUT2D eigenvalue weighted by Gasteiger charge is -2.45. The van der Waals surface area contributed by atoms with Gasteiger partial charge >= 0.3 is 0 Å². The van der Waals surface area contributed by atoms with E-state index in [2.05, 4.69) is 113 Å². The summed E-state index contributed by atoms with van der Waals surface area (Å²) >= 11 is 0. The molecule has 0 N–H and O–H groups in total. The zero-order valence-corrected chi connectivity index (χ0v) is 18.7. The molecule has 0 aliphatic heterocycles. The normalized spacial score (nSPS) is 14.8. The molecule has 0 unspecified atom stereocenters. The molecule has 0 aromatic heterocycles. The van der Waals surface area contributed by atoms with Crippen LogP contribution in [0.3, 0.4) is 0 Å². The summed E-state index contributed by atoms with van der Waals surface area (Å²) in [4.78, 5) is 0. The molecular formula is C12H36N6P3+. The monoisotopic (exact) mass is 357 g/mol. The predicted molar refractivity (Wildman–Crippen MR) is 103 cm³/mol.